The largest absolute Gasteiger partial charge is 0.495 e. The number of nitrogens with one attached hydrogen (secondary N) is 2. The lowest BCUT2D eigenvalue weighted by Crippen LogP contribution is -2.14. The zero-order valence-electron chi connectivity index (χ0n) is 18.8. The van der Waals surface area contributed by atoms with E-state index in [4.69, 9.17) is 4.74 Å². The standard InChI is InChI=1S/C27H24N2O4S/c1-19-7-3-4-8-24(19)20-13-17-23(18-14-20)34(31,32)29-22-15-11-21(12-16-22)27(30)28-25-9-5-6-10-26(25)33-2/h3-18,29H,1-2H3,(H,28,30). The lowest BCUT2D eigenvalue weighted by atomic mass is 10.0. The Morgan fingerprint density at radius 2 is 1.44 bits per heavy atom. The van der Waals surface area contributed by atoms with Crippen molar-refractivity contribution in [3.05, 3.63) is 108 Å². The Hall–Kier alpha value is -4.10. The highest BCUT2D eigenvalue weighted by Gasteiger charge is 2.15. The van der Waals surface area contributed by atoms with E-state index in [9.17, 15) is 13.2 Å². The second-order valence-corrected chi connectivity index (χ2v) is 9.36. The van der Waals surface area contributed by atoms with Crippen molar-refractivity contribution >= 4 is 27.3 Å². The van der Waals surface area contributed by atoms with Crippen LogP contribution in [-0.2, 0) is 10.0 Å². The molecule has 0 bridgehead atoms. The van der Waals surface area contributed by atoms with Gasteiger partial charge in [-0.15, -0.1) is 0 Å². The Labute approximate surface area is 199 Å². The summed E-state index contributed by atoms with van der Waals surface area (Å²) in [5.41, 5.74) is 4.41. The zero-order valence-corrected chi connectivity index (χ0v) is 19.6. The molecule has 4 rings (SSSR count). The van der Waals surface area contributed by atoms with Crippen LogP contribution in [-0.4, -0.2) is 21.4 Å². The first-order valence-electron chi connectivity index (χ1n) is 10.6. The first-order chi connectivity index (χ1) is 16.4. The average Bonchev–Trinajstić information content (AvgIpc) is 2.85. The molecule has 0 saturated carbocycles. The van der Waals surface area contributed by atoms with Crippen LogP contribution in [0.3, 0.4) is 0 Å². The Kier molecular flexibility index (Phi) is 6.65. The smallest absolute Gasteiger partial charge is 0.261 e. The SMILES string of the molecule is COc1ccccc1NC(=O)c1ccc(NS(=O)(=O)c2ccc(-c3ccccc3C)cc2)cc1. The molecule has 0 saturated heterocycles. The van der Waals surface area contributed by atoms with Crippen molar-refractivity contribution in [2.75, 3.05) is 17.1 Å². The van der Waals surface area contributed by atoms with Crippen molar-refractivity contribution in [1.29, 1.82) is 0 Å². The van der Waals surface area contributed by atoms with E-state index in [2.05, 4.69) is 10.0 Å². The first kappa shape index (κ1) is 23.1. The molecule has 0 atom stereocenters. The third-order valence-electron chi connectivity index (χ3n) is 5.38. The molecule has 0 radical (unpaired) electrons. The number of aryl methyl sites for hydroxylation is 1. The molecule has 1 amide bonds. The highest BCUT2D eigenvalue weighted by molar-refractivity contribution is 7.92. The summed E-state index contributed by atoms with van der Waals surface area (Å²) < 4.78 is 33.5. The molecule has 0 aliphatic rings. The van der Waals surface area contributed by atoms with Crippen LogP contribution in [0.5, 0.6) is 5.75 Å². The fourth-order valence-electron chi connectivity index (χ4n) is 3.56. The van der Waals surface area contributed by atoms with E-state index in [0.29, 0.717) is 22.7 Å². The number of benzene rings is 4. The predicted molar refractivity (Wildman–Crippen MR) is 135 cm³/mol. The maximum atomic E-state index is 12.8. The average molecular weight is 473 g/mol. The van der Waals surface area contributed by atoms with E-state index in [1.165, 1.54) is 7.11 Å². The number of sulfonamides is 1. The van der Waals surface area contributed by atoms with Gasteiger partial charge < -0.3 is 10.1 Å². The van der Waals surface area contributed by atoms with Crippen LogP contribution in [0, 0.1) is 6.92 Å². The molecule has 0 aliphatic heterocycles. The summed E-state index contributed by atoms with van der Waals surface area (Å²) >= 11 is 0. The maximum absolute atomic E-state index is 12.8. The van der Waals surface area contributed by atoms with Gasteiger partial charge in [-0.1, -0.05) is 48.5 Å². The number of hydrogen-bond donors (Lipinski definition) is 2. The van der Waals surface area contributed by atoms with E-state index in [0.717, 1.165) is 16.7 Å². The minimum Gasteiger partial charge on any atom is -0.495 e. The Morgan fingerprint density at radius 3 is 2.12 bits per heavy atom. The van der Waals surface area contributed by atoms with Crippen LogP contribution in [0.1, 0.15) is 15.9 Å². The second kappa shape index (κ2) is 9.80. The molecule has 172 valence electrons. The molecule has 4 aromatic carbocycles. The van der Waals surface area contributed by atoms with Crippen LogP contribution in [0.15, 0.2) is 102 Å². The highest BCUT2D eigenvalue weighted by atomic mass is 32.2. The summed E-state index contributed by atoms with van der Waals surface area (Å²) in [5.74, 6) is 0.222. The molecular weight excluding hydrogens is 448 g/mol. The second-order valence-electron chi connectivity index (χ2n) is 7.68. The topological polar surface area (TPSA) is 84.5 Å². The normalized spacial score (nSPS) is 11.0. The van der Waals surface area contributed by atoms with Gasteiger partial charge in [-0.05, 0) is 72.1 Å². The molecule has 0 heterocycles. The number of anilines is 2. The maximum Gasteiger partial charge on any atom is 0.261 e. The molecule has 2 N–H and O–H groups in total. The van der Waals surface area contributed by atoms with Crippen molar-refractivity contribution in [2.45, 2.75) is 11.8 Å². The summed E-state index contributed by atoms with van der Waals surface area (Å²) in [6.07, 6.45) is 0. The fourth-order valence-corrected chi connectivity index (χ4v) is 4.62. The Bertz CT molecular complexity index is 1410. The summed E-state index contributed by atoms with van der Waals surface area (Å²) in [4.78, 5) is 12.7. The molecule has 0 unspecified atom stereocenters. The van der Waals surface area contributed by atoms with Crippen molar-refractivity contribution < 1.29 is 17.9 Å². The Morgan fingerprint density at radius 1 is 0.794 bits per heavy atom. The van der Waals surface area contributed by atoms with Gasteiger partial charge in [0.05, 0.1) is 17.7 Å². The van der Waals surface area contributed by atoms with Gasteiger partial charge in [-0.3, -0.25) is 9.52 Å². The number of ether oxygens (including phenoxy) is 1. The van der Waals surface area contributed by atoms with E-state index in [-0.39, 0.29) is 10.8 Å². The molecule has 7 heteroatoms. The van der Waals surface area contributed by atoms with Crippen molar-refractivity contribution in [1.82, 2.24) is 0 Å². The number of methoxy groups -OCH3 is 1. The third-order valence-corrected chi connectivity index (χ3v) is 6.77. The van der Waals surface area contributed by atoms with Gasteiger partial charge in [0.2, 0.25) is 0 Å². The molecule has 34 heavy (non-hydrogen) atoms. The molecule has 0 aliphatic carbocycles. The van der Waals surface area contributed by atoms with Crippen LogP contribution in [0.2, 0.25) is 0 Å². The van der Waals surface area contributed by atoms with Gasteiger partial charge in [-0.25, -0.2) is 8.42 Å². The molecule has 0 aromatic heterocycles. The zero-order chi connectivity index (χ0) is 24.1. The van der Waals surface area contributed by atoms with E-state index in [1.807, 2.05) is 37.3 Å². The van der Waals surface area contributed by atoms with Gasteiger partial charge in [0.1, 0.15) is 5.75 Å². The number of rotatable bonds is 7. The van der Waals surface area contributed by atoms with Crippen LogP contribution < -0.4 is 14.8 Å². The highest BCUT2D eigenvalue weighted by Crippen LogP contribution is 2.26. The first-order valence-corrected chi connectivity index (χ1v) is 12.1. The van der Waals surface area contributed by atoms with E-state index in [1.54, 1.807) is 66.7 Å². The monoisotopic (exact) mass is 472 g/mol. The van der Waals surface area contributed by atoms with Crippen LogP contribution in [0.4, 0.5) is 11.4 Å². The number of hydrogen-bond acceptors (Lipinski definition) is 4. The van der Waals surface area contributed by atoms with Crippen LogP contribution >= 0.6 is 0 Å². The Balaban J connectivity index is 1.46. The lowest BCUT2D eigenvalue weighted by Gasteiger charge is -2.11. The summed E-state index contributed by atoms with van der Waals surface area (Å²) in [7, 11) is -2.25. The minimum absolute atomic E-state index is 0.155. The minimum atomic E-state index is -3.78. The number of carbonyl (C=O) groups excluding carboxylic acids is 1. The lowest BCUT2D eigenvalue weighted by molar-refractivity contribution is 0.102. The number of amides is 1. The van der Waals surface area contributed by atoms with Crippen molar-refractivity contribution in [2.24, 2.45) is 0 Å². The third kappa shape index (κ3) is 5.10. The quantitative estimate of drug-likeness (QED) is 0.360. The van der Waals surface area contributed by atoms with Crippen molar-refractivity contribution in [3.8, 4) is 16.9 Å². The van der Waals surface area contributed by atoms with Gasteiger partial charge in [0, 0.05) is 11.3 Å². The number of para-hydroxylation sites is 2. The summed E-state index contributed by atoms with van der Waals surface area (Å²) in [6.45, 7) is 2.02. The molecular formula is C27H24N2O4S. The summed E-state index contributed by atoms with van der Waals surface area (Å²) in [5, 5.41) is 2.79. The van der Waals surface area contributed by atoms with Crippen molar-refractivity contribution in [3.63, 3.8) is 0 Å². The van der Waals surface area contributed by atoms with Crippen LogP contribution in [0.25, 0.3) is 11.1 Å². The van der Waals surface area contributed by atoms with Gasteiger partial charge in [0.15, 0.2) is 0 Å². The molecule has 0 spiro atoms. The molecule has 0 fully saturated rings. The van der Waals surface area contributed by atoms with Gasteiger partial charge >= 0.3 is 0 Å². The summed E-state index contributed by atoms with van der Waals surface area (Å²) in [6, 6.07) is 28.0. The van der Waals surface area contributed by atoms with Gasteiger partial charge in [-0.2, -0.15) is 0 Å². The fraction of sp³-hybridized carbons (Fsp3) is 0.0741. The molecule has 6 nitrogen and oxygen atoms in total. The van der Waals surface area contributed by atoms with E-state index < -0.39 is 10.0 Å². The van der Waals surface area contributed by atoms with Gasteiger partial charge in [0.25, 0.3) is 15.9 Å². The molecule has 4 aromatic rings. The van der Waals surface area contributed by atoms with E-state index >= 15 is 0 Å². The predicted octanol–water partition coefficient (Wildman–Crippen LogP) is 5.72. The number of carbonyl (C=O) groups is 1.